The van der Waals surface area contributed by atoms with Crippen molar-refractivity contribution in [3.05, 3.63) is 53.2 Å². The van der Waals surface area contributed by atoms with Crippen molar-refractivity contribution in [2.24, 2.45) is 0 Å². The highest BCUT2D eigenvalue weighted by Crippen LogP contribution is 2.39. The van der Waals surface area contributed by atoms with Crippen LogP contribution in [0, 0.1) is 0 Å². The molecular weight excluding hydrogens is 292 g/mol. The summed E-state index contributed by atoms with van der Waals surface area (Å²) in [6.45, 7) is 0. The fourth-order valence-electron chi connectivity index (χ4n) is 2.05. The monoisotopic (exact) mass is 302 g/mol. The number of hydrogen-bond donors (Lipinski definition) is 0. The topological polar surface area (TPSA) is 22.4 Å². The first-order valence-corrected chi connectivity index (χ1v) is 6.40. The van der Waals surface area contributed by atoms with Crippen LogP contribution in [0.2, 0.25) is 0 Å². The molecule has 3 heteroatoms. The van der Waals surface area contributed by atoms with Gasteiger partial charge in [-0.3, -0.25) is 0 Å². The van der Waals surface area contributed by atoms with E-state index in [-0.39, 0.29) is 0 Å². The van der Waals surface area contributed by atoms with Crippen molar-refractivity contribution in [1.29, 1.82) is 0 Å². The second-order valence-corrected chi connectivity index (χ2v) is 4.70. The van der Waals surface area contributed by atoms with Gasteiger partial charge in [0, 0.05) is 17.0 Å². The van der Waals surface area contributed by atoms with Gasteiger partial charge >= 0.3 is 0 Å². The molecule has 0 N–H and O–H groups in total. The van der Waals surface area contributed by atoms with Gasteiger partial charge in [0.05, 0.1) is 7.11 Å². The van der Waals surface area contributed by atoms with Crippen LogP contribution in [0.15, 0.2) is 57.6 Å². The lowest BCUT2D eigenvalue weighted by molar-refractivity contribution is 0.414. The summed E-state index contributed by atoms with van der Waals surface area (Å²) in [4.78, 5) is 0. The Morgan fingerprint density at radius 2 is 1.83 bits per heavy atom. The molecule has 0 aliphatic carbocycles. The van der Waals surface area contributed by atoms with Crippen LogP contribution in [-0.2, 0) is 0 Å². The Bertz CT molecular complexity index is 686. The summed E-state index contributed by atoms with van der Waals surface area (Å²) in [6.07, 6.45) is 0. The van der Waals surface area contributed by atoms with Crippen LogP contribution in [-0.4, -0.2) is 7.11 Å². The Morgan fingerprint density at radius 1 is 1.06 bits per heavy atom. The summed E-state index contributed by atoms with van der Waals surface area (Å²) in [5.74, 6) is 0.795. The van der Waals surface area contributed by atoms with Crippen molar-refractivity contribution < 1.29 is 9.15 Å². The summed E-state index contributed by atoms with van der Waals surface area (Å²) >= 11 is 3.49. The van der Waals surface area contributed by atoms with Crippen LogP contribution in [0.25, 0.3) is 22.1 Å². The predicted molar refractivity (Wildman–Crippen MR) is 75.9 cm³/mol. The van der Waals surface area contributed by atoms with Gasteiger partial charge < -0.3 is 9.15 Å². The highest BCUT2D eigenvalue weighted by atomic mass is 79.9. The van der Waals surface area contributed by atoms with Gasteiger partial charge in [0.2, 0.25) is 0 Å². The maximum atomic E-state index is 5.73. The number of fused-ring (bicyclic) bond motifs is 1. The molecule has 0 saturated heterocycles. The van der Waals surface area contributed by atoms with Crippen molar-refractivity contribution in [2.45, 2.75) is 0 Å². The predicted octanol–water partition coefficient (Wildman–Crippen LogP) is 4.87. The second kappa shape index (κ2) is 4.50. The van der Waals surface area contributed by atoms with Crippen molar-refractivity contribution >= 4 is 26.9 Å². The molecule has 0 amide bonds. The lowest BCUT2D eigenvalue weighted by Crippen LogP contribution is -1.81. The lowest BCUT2D eigenvalue weighted by Gasteiger charge is -2.00. The fraction of sp³-hybridized carbons (Fsp3) is 0.0667. The summed E-state index contributed by atoms with van der Waals surface area (Å²) in [5.41, 5.74) is 3.03. The third-order valence-electron chi connectivity index (χ3n) is 2.92. The minimum Gasteiger partial charge on any atom is -0.497 e. The molecule has 1 aromatic heterocycles. The SMILES string of the molecule is COc1ccc2c(-c3ccccc3)c(Br)oc2c1. The van der Waals surface area contributed by atoms with E-state index < -0.39 is 0 Å². The normalized spacial score (nSPS) is 10.8. The average molecular weight is 303 g/mol. The Balaban J connectivity index is 2.27. The van der Waals surface area contributed by atoms with Gasteiger partial charge in [0.1, 0.15) is 11.3 Å². The van der Waals surface area contributed by atoms with Gasteiger partial charge in [-0.25, -0.2) is 0 Å². The van der Waals surface area contributed by atoms with Crippen LogP contribution in [0.1, 0.15) is 0 Å². The number of furan rings is 1. The standard InChI is InChI=1S/C15H11BrO2/c1-17-11-7-8-12-13(9-11)18-15(16)14(12)10-5-3-2-4-6-10/h2-9H,1H3. The Hall–Kier alpha value is -1.74. The summed E-state index contributed by atoms with van der Waals surface area (Å²) in [6, 6.07) is 16.0. The van der Waals surface area contributed by atoms with Crippen LogP contribution in [0.4, 0.5) is 0 Å². The van der Waals surface area contributed by atoms with Gasteiger partial charge in [-0.15, -0.1) is 0 Å². The first kappa shape index (κ1) is 11.4. The first-order valence-electron chi connectivity index (χ1n) is 5.61. The number of methoxy groups -OCH3 is 1. The highest BCUT2D eigenvalue weighted by Gasteiger charge is 2.14. The van der Waals surface area contributed by atoms with Gasteiger partial charge in [0.15, 0.2) is 4.67 Å². The van der Waals surface area contributed by atoms with E-state index in [9.17, 15) is 0 Å². The molecule has 2 aromatic carbocycles. The van der Waals surface area contributed by atoms with Crippen molar-refractivity contribution in [1.82, 2.24) is 0 Å². The van der Waals surface area contributed by atoms with E-state index >= 15 is 0 Å². The maximum absolute atomic E-state index is 5.73. The minimum absolute atomic E-state index is 0.747. The molecular formula is C15H11BrO2. The highest BCUT2D eigenvalue weighted by molar-refractivity contribution is 9.10. The maximum Gasteiger partial charge on any atom is 0.178 e. The quantitative estimate of drug-likeness (QED) is 0.674. The molecule has 0 aliphatic rings. The van der Waals surface area contributed by atoms with E-state index in [1.165, 1.54) is 0 Å². The molecule has 90 valence electrons. The fourth-order valence-corrected chi connectivity index (χ4v) is 2.66. The second-order valence-electron chi connectivity index (χ2n) is 3.98. The molecule has 3 aromatic rings. The molecule has 0 spiro atoms. The van der Waals surface area contributed by atoms with Gasteiger partial charge in [-0.2, -0.15) is 0 Å². The average Bonchev–Trinajstić information content (AvgIpc) is 2.74. The lowest BCUT2D eigenvalue weighted by atomic mass is 10.1. The van der Waals surface area contributed by atoms with Crippen molar-refractivity contribution in [2.75, 3.05) is 7.11 Å². The number of ether oxygens (including phenoxy) is 1. The molecule has 18 heavy (non-hydrogen) atoms. The molecule has 0 saturated carbocycles. The number of rotatable bonds is 2. The molecule has 1 heterocycles. The molecule has 0 bridgehead atoms. The molecule has 3 rings (SSSR count). The molecule has 0 unspecified atom stereocenters. The van der Waals surface area contributed by atoms with Crippen LogP contribution < -0.4 is 4.74 Å². The van der Waals surface area contributed by atoms with Crippen molar-refractivity contribution in [3.8, 4) is 16.9 Å². The van der Waals surface area contributed by atoms with E-state index in [1.54, 1.807) is 7.11 Å². The zero-order valence-corrected chi connectivity index (χ0v) is 11.4. The smallest absolute Gasteiger partial charge is 0.178 e. The first-order chi connectivity index (χ1) is 8.79. The number of hydrogen-bond acceptors (Lipinski definition) is 2. The molecule has 2 nitrogen and oxygen atoms in total. The van der Waals surface area contributed by atoms with Gasteiger partial charge in [0.25, 0.3) is 0 Å². The van der Waals surface area contributed by atoms with E-state index in [2.05, 4.69) is 28.1 Å². The Kier molecular flexibility index (Phi) is 2.84. The van der Waals surface area contributed by atoms with E-state index in [4.69, 9.17) is 9.15 Å². The summed E-state index contributed by atoms with van der Waals surface area (Å²) < 4.78 is 11.7. The molecule has 0 radical (unpaired) electrons. The largest absolute Gasteiger partial charge is 0.497 e. The zero-order chi connectivity index (χ0) is 12.5. The minimum atomic E-state index is 0.747. The van der Waals surface area contributed by atoms with Crippen molar-refractivity contribution in [3.63, 3.8) is 0 Å². The Labute approximate surface area is 113 Å². The third-order valence-corrected chi connectivity index (χ3v) is 3.48. The number of benzene rings is 2. The van der Waals surface area contributed by atoms with Gasteiger partial charge in [-0.1, -0.05) is 30.3 Å². The van der Waals surface area contributed by atoms with Crippen LogP contribution in [0.3, 0.4) is 0 Å². The van der Waals surface area contributed by atoms with Gasteiger partial charge in [-0.05, 0) is 33.6 Å². The molecule has 0 atom stereocenters. The van der Waals surface area contributed by atoms with E-state index in [0.717, 1.165) is 32.5 Å². The summed E-state index contributed by atoms with van der Waals surface area (Å²) in [7, 11) is 1.65. The number of halogens is 1. The Morgan fingerprint density at radius 3 is 2.56 bits per heavy atom. The van der Waals surface area contributed by atoms with E-state index in [0.29, 0.717) is 0 Å². The molecule has 0 aliphatic heterocycles. The van der Waals surface area contributed by atoms with E-state index in [1.807, 2.05) is 36.4 Å². The summed E-state index contributed by atoms with van der Waals surface area (Å²) in [5, 5.41) is 1.08. The molecule has 0 fully saturated rings. The van der Waals surface area contributed by atoms with Crippen LogP contribution >= 0.6 is 15.9 Å². The zero-order valence-electron chi connectivity index (χ0n) is 9.81. The van der Waals surface area contributed by atoms with Crippen LogP contribution in [0.5, 0.6) is 5.75 Å². The third kappa shape index (κ3) is 1.81.